The first-order valence-corrected chi connectivity index (χ1v) is 6.12. The number of rotatable bonds is 4. The predicted molar refractivity (Wildman–Crippen MR) is 59.4 cm³/mol. The van der Waals surface area contributed by atoms with Crippen LogP contribution in [0.3, 0.4) is 0 Å². The standard InChI is InChI=1S/C10H18BrNO2/c1-2-8(11)9(14)12-10(7-13)5-3-4-6-10/h8,13H,2-7H2,1H3,(H,12,14). The molecule has 2 N–H and O–H groups in total. The maximum atomic E-state index is 11.6. The summed E-state index contributed by atoms with van der Waals surface area (Å²) in [4.78, 5) is 11.5. The van der Waals surface area contributed by atoms with Crippen molar-refractivity contribution in [2.24, 2.45) is 0 Å². The Labute approximate surface area is 93.4 Å². The number of carbonyl (C=O) groups is 1. The Morgan fingerprint density at radius 2 is 2.14 bits per heavy atom. The molecule has 1 rings (SSSR count). The van der Waals surface area contributed by atoms with Gasteiger partial charge in [0, 0.05) is 0 Å². The molecule has 1 aliphatic rings. The molecule has 1 aliphatic carbocycles. The fourth-order valence-corrected chi connectivity index (χ4v) is 2.01. The lowest BCUT2D eigenvalue weighted by molar-refractivity contribution is -0.122. The fraction of sp³-hybridized carbons (Fsp3) is 0.900. The fourth-order valence-electron chi connectivity index (χ4n) is 1.90. The van der Waals surface area contributed by atoms with Gasteiger partial charge in [-0.1, -0.05) is 35.7 Å². The van der Waals surface area contributed by atoms with Gasteiger partial charge in [0.15, 0.2) is 0 Å². The lowest BCUT2D eigenvalue weighted by Gasteiger charge is -2.28. The second kappa shape index (κ2) is 5.12. The van der Waals surface area contributed by atoms with Crippen LogP contribution in [0.4, 0.5) is 0 Å². The van der Waals surface area contributed by atoms with Gasteiger partial charge >= 0.3 is 0 Å². The molecule has 82 valence electrons. The average Bonchev–Trinajstić information content (AvgIpc) is 2.65. The summed E-state index contributed by atoms with van der Waals surface area (Å²) in [6.07, 6.45) is 4.77. The van der Waals surface area contributed by atoms with Crippen molar-refractivity contribution >= 4 is 21.8 Å². The highest BCUT2D eigenvalue weighted by Gasteiger charge is 2.35. The third-order valence-electron chi connectivity index (χ3n) is 2.89. The lowest BCUT2D eigenvalue weighted by Crippen LogP contribution is -2.51. The van der Waals surface area contributed by atoms with Gasteiger partial charge in [-0.15, -0.1) is 0 Å². The zero-order chi connectivity index (χ0) is 10.6. The number of halogens is 1. The van der Waals surface area contributed by atoms with E-state index in [0.717, 1.165) is 32.1 Å². The second-order valence-electron chi connectivity index (χ2n) is 4.01. The summed E-state index contributed by atoms with van der Waals surface area (Å²) in [5.74, 6) is 0.00319. The van der Waals surface area contributed by atoms with Crippen LogP contribution in [0.25, 0.3) is 0 Å². The largest absolute Gasteiger partial charge is 0.394 e. The molecule has 1 amide bonds. The van der Waals surface area contributed by atoms with Gasteiger partial charge in [0.05, 0.1) is 17.0 Å². The summed E-state index contributed by atoms with van der Waals surface area (Å²) in [5, 5.41) is 12.2. The molecule has 1 unspecified atom stereocenters. The number of hydrogen-bond donors (Lipinski definition) is 2. The molecule has 4 heteroatoms. The van der Waals surface area contributed by atoms with E-state index in [9.17, 15) is 9.90 Å². The van der Waals surface area contributed by atoms with Gasteiger partial charge in [-0.3, -0.25) is 4.79 Å². The van der Waals surface area contributed by atoms with Gasteiger partial charge in [-0.25, -0.2) is 0 Å². The monoisotopic (exact) mass is 263 g/mol. The van der Waals surface area contributed by atoms with Crippen molar-refractivity contribution in [2.75, 3.05) is 6.61 Å². The molecule has 0 aliphatic heterocycles. The number of aliphatic hydroxyl groups is 1. The highest BCUT2D eigenvalue weighted by molar-refractivity contribution is 9.10. The Morgan fingerprint density at radius 3 is 2.57 bits per heavy atom. The number of nitrogens with one attached hydrogen (secondary N) is 1. The molecule has 0 aromatic rings. The third-order valence-corrected chi connectivity index (χ3v) is 3.96. The van der Waals surface area contributed by atoms with Crippen LogP contribution < -0.4 is 5.32 Å². The first-order chi connectivity index (χ1) is 6.63. The minimum Gasteiger partial charge on any atom is -0.394 e. The molecule has 0 heterocycles. The van der Waals surface area contributed by atoms with Gasteiger partial charge in [0.2, 0.25) is 5.91 Å². The SMILES string of the molecule is CCC(Br)C(=O)NC1(CO)CCCC1. The second-order valence-corrected chi connectivity index (χ2v) is 5.12. The topological polar surface area (TPSA) is 49.3 Å². The molecule has 0 aromatic carbocycles. The summed E-state index contributed by atoms with van der Waals surface area (Å²) in [6.45, 7) is 2.02. The van der Waals surface area contributed by atoms with Crippen LogP contribution in [0.2, 0.25) is 0 Å². The Morgan fingerprint density at radius 1 is 1.57 bits per heavy atom. The van der Waals surface area contributed by atoms with Crippen molar-refractivity contribution < 1.29 is 9.90 Å². The van der Waals surface area contributed by atoms with Gasteiger partial charge in [-0.2, -0.15) is 0 Å². The lowest BCUT2D eigenvalue weighted by atomic mass is 9.98. The zero-order valence-electron chi connectivity index (χ0n) is 8.55. The Balaban J connectivity index is 2.52. The van der Waals surface area contributed by atoms with Crippen LogP contribution in [0.1, 0.15) is 39.0 Å². The molecule has 0 radical (unpaired) electrons. The van der Waals surface area contributed by atoms with Crippen molar-refractivity contribution in [3.63, 3.8) is 0 Å². The average molecular weight is 264 g/mol. The minimum atomic E-state index is -0.335. The van der Waals surface area contributed by atoms with Crippen molar-refractivity contribution in [3.05, 3.63) is 0 Å². The van der Waals surface area contributed by atoms with E-state index in [4.69, 9.17) is 0 Å². The normalized spacial score (nSPS) is 21.9. The van der Waals surface area contributed by atoms with E-state index in [-0.39, 0.29) is 22.9 Å². The van der Waals surface area contributed by atoms with E-state index in [1.807, 2.05) is 6.92 Å². The van der Waals surface area contributed by atoms with Gasteiger partial charge in [0.25, 0.3) is 0 Å². The number of carbonyl (C=O) groups excluding carboxylic acids is 1. The summed E-state index contributed by atoms with van der Waals surface area (Å²) >= 11 is 3.31. The van der Waals surface area contributed by atoms with Crippen molar-refractivity contribution in [1.82, 2.24) is 5.32 Å². The number of alkyl halides is 1. The van der Waals surface area contributed by atoms with Crippen molar-refractivity contribution in [3.8, 4) is 0 Å². The van der Waals surface area contributed by atoms with Crippen molar-refractivity contribution in [1.29, 1.82) is 0 Å². The quantitative estimate of drug-likeness (QED) is 0.757. The summed E-state index contributed by atoms with van der Waals surface area (Å²) < 4.78 is 0. The van der Waals surface area contributed by atoms with Crippen LogP contribution in [0, 0.1) is 0 Å². The van der Waals surface area contributed by atoms with Crippen molar-refractivity contribution in [2.45, 2.75) is 49.4 Å². The van der Waals surface area contributed by atoms with E-state index in [1.165, 1.54) is 0 Å². The predicted octanol–water partition coefficient (Wildman–Crippen LogP) is 1.58. The van der Waals surface area contributed by atoms with E-state index < -0.39 is 0 Å². The summed E-state index contributed by atoms with van der Waals surface area (Å²) in [5.41, 5.74) is -0.335. The van der Waals surface area contributed by atoms with Crippen LogP contribution in [-0.2, 0) is 4.79 Å². The van der Waals surface area contributed by atoms with Crippen LogP contribution in [0.5, 0.6) is 0 Å². The highest BCUT2D eigenvalue weighted by Crippen LogP contribution is 2.29. The Hall–Kier alpha value is -0.0900. The van der Waals surface area contributed by atoms with Crippen LogP contribution >= 0.6 is 15.9 Å². The molecule has 0 saturated heterocycles. The first kappa shape index (κ1) is 12.0. The molecule has 1 fully saturated rings. The van der Waals surface area contributed by atoms with Crippen LogP contribution in [0.15, 0.2) is 0 Å². The van der Waals surface area contributed by atoms with Gasteiger partial charge in [-0.05, 0) is 19.3 Å². The first-order valence-electron chi connectivity index (χ1n) is 5.20. The molecule has 1 saturated carbocycles. The maximum absolute atomic E-state index is 11.6. The zero-order valence-corrected chi connectivity index (χ0v) is 10.1. The number of hydrogen-bond acceptors (Lipinski definition) is 2. The van der Waals surface area contributed by atoms with E-state index in [2.05, 4.69) is 21.2 Å². The summed E-state index contributed by atoms with van der Waals surface area (Å²) in [7, 11) is 0. The Kier molecular flexibility index (Phi) is 4.38. The molecule has 14 heavy (non-hydrogen) atoms. The highest BCUT2D eigenvalue weighted by atomic mass is 79.9. The molecule has 1 atom stereocenters. The molecule has 0 bridgehead atoms. The van der Waals surface area contributed by atoms with E-state index in [1.54, 1.807) is 0 Å². The minimum absolute atomic E-state index is 0.00319. The molecule has 0 spiro atoms. The van der Waals surface area contributed by atoms with E-state index >= 15 is 0 Å². The molecule has 0 aromatic heterocycles. The maximum Gasteiger partial charge on any atom is 0.234 e. The third kappa shape index (κ3) is 2.70. The van der Waals surface area contributed by atoms with E-state index in [0.29, 0.717) is 0 Å². The molecular weight excluding hydrogens is 246 g/mol. The number of aliphatic hydroxyl groups excluding tert-OH is 1. The Bertz CT molecular complexity index is 202. The molecule has 3 nitrogen and oxygen atoms in total. The van der Waals surface area contributed by atoms with Gasteiger partial charge < -0.3 is 10.4 Å². The number of amides is 1. The van der Waals surface area contributed by atoms with Gasteiger partial charge in [0.1, 0.15) is 0 Å². The smallest absolute Gasteiger partial charge is 0.234 e. The molecular formula is C10H18BrNO2. The van der Waals surface area contributed by atoms with Crippen LogP contribution in [-0.4, -0.2) is 28.0 Å². The summed E-state index contributed by atoms with van der Waals surface area (Å²) in [6, 6.07) is 0.